The molecule has 5 nitrogen and oxygen atoms in total. The Labute approximate surface area is 179 Å². The van der Waals surface area contributed by atoms with E-state index in [4.69, 9.17) is 4.74 Å². The molecule has 27 heavy (non-hydrogen) atoms. The average Bonchev–Trinajstić information content (AvgIpc) is 3.27. The summed E-state index contributed by atoms with van der Waals surface area (Å²) in [5.74, 6) is 2.16. The van der Waals surface area contributed by atoms with Crippen molar-refractivity contribution in [3.63, 3.8) is 0 Å². The second-order valence-corrected chi connectivity index (χ2v) is 8.14. The molecule has 1 aromatic rings. The first-order chi connectivity index (χ1) is 12.7. The summed E-state index contributed by atoms with van der Waals surface area (Å²) < 4.78 is 6.45. The zero-order valence-corrected chi connectivity index (χ0v) is 18.4. The summed E-state index contributed by atoms with van der Waals surface area (Å²) in [6.45, 7) is 0.775. The molecule has 3 aliphatic rings. The molecule has 0 saturated heterocycles. The van der Waals surface area contributed by atoms with Crippen LogP contribution in [0.4, 0.5) is 0 Å². The first-order valence-corrected chi connectivity index (χ1v) is 10.1. The second-order valence-electron chi connectivity index (χ2n) is 8.14. The van der Waals surface area contributed by atoms with E-state index in [1.807, 2.05) is 7.05 Å². The van der Waals surface area contributed by atoms with Gasteiger partial charge in [-0.2, -0.15) is 0 Å². The van der Waals surface area contributed by atoms with Crippen LogP contribution in [0.1, 0.15) is 63.0 Å². The molecule has 1 aliphatic heterocycles. The van der Waals surface area contributed by atoms with Crippen molar-refractivity contribution >= 4 is 29.9 Å². The van der Waals surface area contributed by atoms with Crippen LogP contribution in [0.15, 0.2) is 29.3 Å². The number of hydrogen-bond donors (Lipinski definition) is 3. The predicted molar refractivity (Wildman–Crippen MR) is 119 cm³/mol. The summed E-state index contributed by atoms with van der Waals surface area (Å²) in [7, 11) is 1.82. The molecule has 3 unspecified atom stereocenters. The molecule has 6 heteroatoms. The zero-order chi connectivity index (χ0) is 18.0. The average molecular weight is 485 g/mol. The minimum atomic E-state index is -0.175. The van der Waals surface area contributed by atoms with Crippen LogP contribution in [0.2, 0.25) is 0 Å². The van der Waals surface area contributed by atoms with Gasteiger partial charge in [-0.1, -0.05) is 24.6 Å². The zero-order valence-electron chi connectivity index (χ0n) is 16.1. The number of guanidine groups is 1. The molecule has 1 spiro atoms. The van der Waals surface area contributed by atoms with Gasteiger partial charge in [0.25, 0.3) is 0 Å². The van der Waals surface area contributed by atoms with E-state index in [1.165, 1.54) is 18.4 Å². The Bertz CT molecular complexity index is 661. The molecule has 0 amide bonds. The third-order valence-electron chi connectivity index (χ3n) is 6.40. The van der Waals surface area contributed by atoms with Crippen LogP contribution in [0.5, 0.6) is 5.75 Å². The molecule has 150 valence electrons. The number of nitrogens with zero attached hydrogens (tertiary/aromatic N) is 1. The fourth-order valence-corrected chi connectivity index (χ4v) is 4.92. The lowest BCUT2D eigenvalue weighted by Gasteiger charge is -2.40. The quantitative estimate of drug-likeness (QED) is 0.347. The van der Waals surface area contributed by atoms with Gasteiger partial charge in [0.2, 0.25) is 0 Å². The summed E-state index contributed by atoms with van der Waals surface area (Å²) in [6.07, 6.45) is 8.73. The second kappa shape index (κ2) is 8.99. The van der Waals surface area contributed by atoms with Crippen LogP contribution >= 0.6 is 24.0 Å². The Morgan fingerprint density at radius 1 is 1.22 bits per heavy atom. The highest BCUT2D eigenvalue weighted by Crippen LogP contribution is 2.46. The number of aliphatic hydroxyl groups excluding tert-OH is 1. The molecule has 2 fully saturated rings. The van der Waals surface area contributed by atoms with Crippen LogP contribution in [0, 0.1) is 5.92 Å². The summed E-state index contributed by atoms with van der Waals surface area (Å²) in [5.41, 5.74) is 1.20. The van der Waals surface area contributed by atoms with E-state index in [1.54, 1.807) is 0 Å². The van der Waals surface area contributed by atoms with E-state index in [0.29, 0.717) is 5.92 Å². The number of benzene rings is 1. The summed E-state index contributed by atoms with van der Waals surface area (Å²) >= 11 is 0. The van der Waals surface area contributed by atoms with E-state index in [2.05, 4.69) is 39.9 Å². The van der Waals surface area contributed by atoms with E-state index in [-0.39, 0.29) is 41.7 Å². The number of halogens is 1. The number of ether oxygens (including phenoxy) is 1. The fraction of sp³-hybridized carbons (Fsp3) is 0.667. The van der Waals surface area contributed by atoms with Gasteiger partial charge in [-0.25, -0.2) is 0 Å². The van der Waals surface area contributed by atoms with Gasteiger partial charge in [0.15, 0.2) is 5.96 Å². The molecule has 2 saturated carbocycles. The molecular formula is C21H32IN3O2. The number of nitrogens with one attached hydrogen (secondary N) is 2. The van der Waals surface area contributed by atoms with Crippen molar-refractivity contribution in [1.29, 1.82) is 0 Å². The molecule has 3 atom stereocenters. The van der Waals surface area contributed by atoms with Gasteiger partial charge in [-0.15, -0.1) is 24.0 Å². The van der Waals surface area contributed by atoms with E-state index >= 15 is 0 Å². The molecular weight excluding hydrogens is 453 g/mol. The van der Waals surface area contributed by atoms with Gasteiger partial charge in [-0.05, 0) is 44.6 Å². The Balaban J connectivity index is 0.00000210. The first kappa shape index (κ1) is 20.7. The molecule has 2 aliphatic carbocycles. The van der Waals surface area contributed by atoms with Gasteiger partial charge in [-0.3, -0.25) is 4.99 Å². The van der Waals surface area contributed by atoms with Gasteiger partial charge in [0, 0.05) is 31.5 Å². The van der Waals surface area contributed by atoms with Crippen molar-refractivity contribution < 1.29 is 9.84 Å². The van der Waals surface area contributed by atoms with Crippen molar-refractivity contribution in [2.75, 3.05) is 13.6 Å². The lowest BCUT2D eigenvalue weighted by Crippen LogP contribution is -2.47. The first-order valence-electron chi connectivity index (χ1n) is 10.1. The monoisotopic (exact) mass is 485 g/mol. The van der Waals surface area contributed by atoms with E-state index in [0.717, 1.165) is 56.8 Å². The number of aliphatic imine (C=N–C) groups is 1. The van der Waals surface area contributed by atoms with Crippen molar-refractivity contribution in [3.8, 4) is 5.75 Å². The van der Waals surface area contributed by atoms with Crippen LogP contribution in [-0.2, 0) is 0 Å². The standard InChI is InChI=1S/C21H31N3O2.HI/c1-22-20(23-14-15-7-6-9-18(15)25)24-17-13-21(11-4-5-12-21)26-19-10-3-2-8-16(17)19;/h2-3,8,10,15,17-18,25H,4-7,9,11-14H2,1H3,(H2,22,23,24);1H. The number of para-hydroxylation sites is 1. The predicted octanol–water partition coefficient (Wildman–Crippen LogP) is 3.77. The molecule has 0 bridgehead atoms. The summed E-state index contributed by atoms with van der Waals surface area (Å²) in [4.78, 5) is 4.43. The lowest BCUT2D eigenvalue weighted by molar-refractivity contribution is 0.0395. The van der Waals surface area contributed by atoms with Crippen molar-refractivity contribution in [2.24, 2.45) is 10.9 Å². The van der Waals surface area contributed by atoms with Crippen LogP contribution in [0.3, 0.4) is 0 Å². The van der Waals surface area contributed by atoms with E-state index < -0.39 is 0 Å². The van der Waals surface area contributed by atoms with Gasteiger partial charge < -0.3 is 20.5 Å². The minimum absolute atomic E-state index is 0. The topological polar surface area (TPSA) is 65.9 Å². The maximum absolute atomic E-state index is 10.0. The Kier molecular flexibility index (Phi) is 6.89. The van der Waals surface area contributed by atoms with Gasteiger partial charge in [0.1, 0.15) is 11.4 Å². The highest BCUT2D eigenvalue weighted by Gasteiger charge is 2.43. The normalized spacial score (nSPS) is 29.0. The molecule has 3 N–H and O–H groups in total. The van der Waals surface area contributed by atoms with Gasteiger partial charge >= 0.3 is 0 Å². The third-order valence-corrected chi connectivity index (χ3v) is 6.40. The van der Waals surface area contributed by atoms with E-state index in [9.17, 15) is 5.11 Å². The highest BCUT2D eigenvalue weighted by atomic mass is 127. The molecule has 1 heterocycles. The van der Waals surface area contributed by atoms with Crippen molar-refractivity contribution in [1.82, 2.24) is 10.6 Å². The Morgan fingerprint density at radius 3 is 2.70 bits per heavy atom. The maximum atomic E-state index is 10.0. The largest absolute Gasteiger partial charge is 0.487 e. The molecule has 4 rings (SSSR count). The SMILES string of the molecule is CN=C(NCC1CCCC1O)NC1CC2(CCCC2)Oc2ccccc21.I. The Hall–Kier alpha value is -1.02. The summed E-state index contributed by atoms with van der Waals surface area (Å²) in [6, 6.07) is 8.59. The van der Waals surface area contributed by atoms with Crippen LogP contribution < -0.4 is 15.4 Å². The Morgan fingerprint density at radius 2 is 2.00 bits per heavy atom. The number of rotatable bonds is 3. The molecule has 0 aromatic heterocycles. The molecule has 0 radical (unpaired) electrons. The van der Waals surface area contributed by atoms with Crippen LogP contribution in [0.25, 0.3) is 0 Å². The smallest absolute Gasteiger partial charge is 0.191 e. The third kappa shape index (κ3) is 4.53. The number of hydrogen-bond acceptors (Lipinski definition) is 3. The van der Waals surface area contributed by atoms with Crippen molar-refractivity contribution in [3.05, 3.63) is 29.8 Å². The molecule has 1 aromatic carbocycles. The highest BCUT2D eigenvalue weighted by molar-refractivity contribution is 14.0. The maximum Gasteiger partial charge on any atom is 0.191 e. The number of fused-ring (bicyclic) bond motifs is 1. The number of aliphatic hydroxyl groups is 1. The lowest BCUT2D eigenvalue weighted by atomic mass is 9.86. The fourth-order valence-electron chi connectivity index (χ4n) is 4.92. The van der Waals surface area contributed by atoms with Crippen LogP contribution in [-0.4, -0.2) is 36.4 Å². The van der Waals surface area contributed by atoms with Gasteiger partial charge in [0.05, 0.1) is 12.1 Å². The summed E-state index contributed by atoms with van der Waals surface area (Å²) in [5, 5.41) is 17.1. The van der Waals surface area contributed by atoms with Crippen molar-refractivity contribution in [2.45, 2.75) is 69.1 Å². The minimum Gasteiger partial charge on any atom is -0.487 e.